The summed E-state index contributed by atoms with van der Waals surface area (Å²) in [6, 6.07) is 3.59. The molecule has 0 spiro atoms. The average molecular weight is 311 g/mol. The number of carbonyl (C=O) groups excluding carboxylic acids is 1. The van der Waals surface area contributed by atoms with Crippen LogP contribution in [0.5, 0.6) is 5.75 Å². The van der Waals surface area contributed by atoms with E-state index in [0.29, 0.717) is 31.3 Å². The molecule has 1 aromatic carbocycles. The number of fused-ring (bicyclic) bond motifs is 1. The number of hydrogen-bond donors (Lipinski definition) is 2. The molecule has 0 aromatic heterocycles. The molecule has 2 aliphatic heterocycles. The predicted molar refractivity (Wildman–Crippen MR) is 79.7 cm³/mol. The molecule has 1 fully saturated rings. The molecule has 3 rings (SSSR count). The van der Waals surface area contributed by atoms with E-state index in [0.717, 1.165) is 36.1 Å². The fourth-order valence-corrected chi connectivity index (χ4v) is 3.16. The molecule has 1 atom stereocenters. The Hall–Kier alpha value is -1.46. The molecule has 1 unspecified atom stereocenters. The first-order chi connectivity index (χ1) is 10.1. The van der Waals surface area contributed by atoms with Crippen molar-refractivity contribution in [2.24, 2.45) is 0 Å². The van der Waals surface area contributed by atoms with Crippen molar-refractivity contribution in [2.75, 3.05) is 19.7 Å². The second kappa shape index (κ2) is 6.12. The van der Waals surface area contributed by atoms with Gasteiger partial charge in [0.1, 0.15) is 5.75 Å². The van der Waals surface area contributed by atoms with E-state index >= 15 is 0 Å². The lowest BCUT2D eigenvalue weighted by molar-refractivity contribution is 0.0841. The number of amides is 2. The molecule has 21 heavy (non-hydrogen) atoms. The Balaban J connectivity index is 1.64. The smallest absolute Gasteiger partial charge is 0.317 e. The average Bonchev–Trinajstić information content (AvgIpc) is 2.92. The second-order valence-corrected chi connectivity index (χ2v) is 5.99. The Labute approximate surface area is 128 Å². The summed E-state index contributed by atoms with van der Waals surface area (Å²) in [7, 11) is 0. The predicted octanol–water partition coefficient (Wildman–Crippen LogP) is 1.94. The summed E-state index contributed by atoms with van der Waals surface area (Å²) < 4.78 is 5.62. The van der Waals surface area contributed by atoms with Gasteiger partial charge >= 0.3 is 6.03 Å². The van der Waals surface area contributed by atoms with Gasteiger partial charge in [-0.2, -0.15) is 0 Å². The maximum absolute atomic E-state index is 12.1. The molecule has 114 valence electrons. The van der Waals surface area contributed by atoms with Crippen LogP contribution in [0.1, 0.15) is 24.0 Å². The summed E-state index contributed by atoms with van der Waals surface area (Å²) in [5, 5.41) is 13.2. The van der Waals surface area contributed by atoms with Crippen molar-refractivity contribution in [3.05, 3.63) is 28.3 Å². The minimum atomic E-state index is -0.414. The van der Waals surface area contributed by atoms with E-state index in [1.165, 1.54) is 0 Å². The number of nitrogens with zero attached hydrogens (tertiary/aromatic N) is 1. The van der Waals surface area contributed by atoms with Crippen LogP contribution in [0.4, 0.5) is 4.79 Å². The van der Waals surface area contributed by atoms with Crippen molar-refractivity contribution in [3.8, 4) is 5.75 Å². The van der Waals surface area contributed by atoms with Crippen molar-refractivity contribution >= 4 is 17.6 Å². The summed E-state index contributed by atoms with van der Waals surface area (Å²) in [6.07, 6.45) is 2.04. The zero-order valence-electron chi connectivity index (χ0n) is 11.8. The number of hydrogen-bond acceptors (Lipinski definition) is 3. The molecule has 1 aromatic rings. The Morgan fingerprint density at radius 2 is 2.38 bits per heavy atom. The van der Waals surface area contributed by atoms with Crippen molar-refractivity contribution in [1.82, 2.24) is 10.2 Å². The van der Waals surface area contributed by atoms with Crippen molar-refractivity contribution in [3.63, 3.8) is 0 Å². The van der Waals surface area contributed by atoms with Crippen LogP contribution in [0, 0.1) is 0 Å². The van der Waals surface area contributed by atoms with Crippen LogP contribution < -0.4 is 10.1 Å². The molecule has 2 N–H and O–H groups in total. The molecular formula is C15H19ClN2O3. The van der Waals surface area contributed by atoms with Gasteiger partial charge in [-0.05, 0) is 30.5 Å². The largest absolute Gasteiger partial charge is 0.493 e. The highest BCUT2D eigenvalue weighted by Crippen LogP contribution is 2.32. The molecule has 0 aliphatic carbocycles. The molecule has 2 heterocycles. The number of urea groups is 1. The summed E-state index contributed by atoms with van der Waals surface area (Å²) in [5.74, 6) is 0.846. The van der Waals surface area contributed by atoms with Gasteiger partial charge in [-0.3, -0.25) is 0 Å². The summed E-state index contributed by atoms with van der Waals surface area (Å²) in [4.78, 5) is 13.8. The Morgan fingerprint density at radius 3 is 3.19 bits per heavy atom. The molecule has 2 amide bonds. The second-order valence-electron chi connectivity index (χ2n) is 5.55. The number of halogens is 1. The maximum Gasteiger partial charge on any atom is 0.317 e. The number of aliphatic hydroxyl groups excluding tert-OH is 1. The summed E-state index contributed by atoms with van der Waals surface area (Å²) in [5.41, 5.74) is 2.00. The SMILES string of the molecule is O=C(NCc1cc(Cl)cc2c1OCC2)N1CCCC(O)C1. The standard InChI is InChI=1S/C15H19ClN2O3/c16-12-6-10-3-5-21-14(10)11(7-12)8-17-15(20)18-4-1-2-13(19)9-18/h6-7,13,19H,1-5,8-9H2,(H,17,20). The quantitative estimate of drug-likeness (QED) is 0.877. The van der Waals surface area contributed by atoms with Gasteiger partial charge in [0.15, 0.2) is 0 Å². The van der Waals surface area contributed by atoms with Crippen molar-refractivity contribution < 1.29 is 14.6 Å². The first-order valence-corrected chi connectivity index (χ1v) is 7.66. The third-order valence-electron chi connectivity index (χ3n) is 3.94. The normalized spacial score (nSPS) is 20.9. The third-order valence-corrected chi connectivity index (χ3v) is 4.16. The van der Waals surface area contributed by atoms with E-state index in [-0.39, 0.29) is 6.03 Å². The van der Waals surface area contributed by atoms with Crippen molar-refractivity contribution in [1.29, 1.82) is 0 Å². The molecule has 0 bridgehead atoms. The van der Waals surface area contributed by atoms with E-state index in [9.17, 15) is 9.90 Å². The number of nitrogens with one attached hydrogen (secondary N) is 1. The number of piperidine rings is 1. The van der Waals surface area contributed by atoms with Crippen LogP contribution in [-0.2, 0) is 13.0 Å². The number of carbonyl (C=O) groups is 1. The van der Waals surface area contributed by atoms with Crippen LogP contribution in [0.3, 0.4) is 0 Å². The number of ether oxygens (including phenoxy) is 1. The summed E-state index contributed by atoms with van der Waals surface area (Å²) >= 11 is 6.10. The molecular weight excluding hydrogens is 292 g/mol. The first-order valence-electron chi connectivity index (χ1n) is 7.28. The molecule has 5 nitrogen and oxygen atoms in total. The van der Waals surface area contributed by atoms with Gasteiger partial charge in [-0.15, -0.1) is 0 Å². The Bertz CT molecular complexity index is 550. The van der Waals surface area contributed by atoms with Gasteiger partial charge < -0.3 is 20.1 Å². The van der Waals surface area contributed by atoms with E-state index in [2.05, 4.69) is 5.32 Å². The highest BCUT2D eigenvalue weighted by Gasteiger charge is 2.23. The lowest BCUT2D eigenvalue weighted by Gasteiger charge is -2.30. The number of likely N-dealkylation sites (tertiary alicyclic amines) is 1. The third kappa shape index (κ3) is 3.24. The lowest BCUT2D eigenvalue weighted by Crippen LogP contribution is -2.46. The monoisotopic (exact) mass is 310 g/mol. The van der Waals surface area contributed by atoms with Gasteiger partial charge in [0.05, 0.1) is 12.7 Å². The van der Waals surface area contributed by atoms with E-state index < -0.39 is 6.10 Å². The minimum absolute atomic E-state index is 0.152. The fourth-order valence-electron chi connectivity index (χ4n) is 2.90. The zero-order chi connectivity index (χ0) is 14.8. The maximum atomic E-state index is 12.1. The van der Waals surface area contributed by atoms with Gasteiger partial charge in [0.2, 0.25) is 0 Å². The number of aliphatic hydroxyl groups is 1. The van der Waals surface area contributed by atoms with Gasteiger partial charge in [0.25, 0.3) is 0 Å². The van der Waals surface area contributed by atoms with Gasteiger partial charge in [-0.25, -0.2) is 4.79 Å². The minimum Gasteiger partial charge on any atom is -0.493 e. The molecule has 6 heteroatoms. The van der Waals surface area contributed by atoms with Crippen LogP contribution in [0.15, 0.2) is 12.1 Å². The number of benzene rings is 1. The highest BCUT2D eigenvalue weighted by molar-refractivity contribution is 6.30. The number of rotatable bonds is 2. The van der Waals surface area contributed by atoms with Crippen LogP contribution in [0.25, 0.3) is 0 Å². The first kappa shape index (κ1) is 14.5. The van der Waals surface area contributed by atoms with Gasteiger partial charge in [0, 0.05) is 36.6 Å². The van der Waals surface area contributed by atoms with E-state index in [4.69, 9.17) is 16.3 Å². The molecule has 0 radical (unpaired) electrons. The Kier molecular flexibility index (Phi) is 4.22. The van der Waals surface area contributed by atoms with Crippen LogP contribution >= 0.6 is 11.6 Å². The van der Waals surface area contributed by atoms with E-state index in [1.807, 2.05) is 12.1 Å². The fraction of sp³-hybridized carbons (Fsp3) is 0.533. The zero-order valence-corrected chi connectivity index (χ0v) is 12.5. The number of β-amino-alcohol motifs (C(OH)–C–C–N with tert-alkyl or cyclic N) is 1. The topological polar surface area (TPSA) is 61.8 Å². The molecule has 1 saturated heterocycles. The Morgan fingerprint density at radius 1 is 1.52 bits per heavy atom. The molecule has 2 aliphatic rings. The van der Waals surface area contributed by atoms with Crippen LogP contribution in [-0.4, -0.2) is 41.8 Å². The molecule has 0 saturated carbocycles. The van der Waals surface area contributed by atoms with Gasteiger partial charge in [-0.1, -0.05) is 11.6 Å². The van der Waals surface area contributed by atoms with E-state index in [1.54, 1.807) is 4.90 Å². The highest BCUT2D eigenvalue weighted by atomic mass is 35.5. The lowest BCUT2D eigenvalue weighted by atomic mass is 10.1. The van der Waals surface area contributed by atoms with Crippen molar-refractivity contribution in [2.45, 2.75) is 31.9 Å². The van der Waals surface area contributed by atoms with Crippen LogP contribution in [0.2, 0.25) is 5.02 Å². The summed E-state index contributed by atoms with van der Waals surface area (Å²) in [6.45, 7) is 2.13.